The molecule has 0 N–H and O–H groups in total. The molecule has 0 fully saturated rings. The van der Waals surface area contributed by atoms with E-state index in [0.717, 1.165) is 0 Å². The fourth-order valence-electron chi connectivity index (χ4n) is 1.21. The molecule has 0 aliphatic heterocycles. The molecule has 0 saturated carbocycles. The molecular weight excluding hydrogens is 160 g/mol. The second kappa shape index (κ2) is 13.8. The predicted octanol–water partition coefficient (Wildman–Crippen LogP) is 3.99. The molecule has 0 aromatic carbocycles. The van der Waals surface area contributed by atoms with Crippen molar-refractivity contribution in [3.8, 4) is 0 Å². The van der Waals surface area contributed by atoms with E-state index in [4.69, 9.17) is 0 Å². The van der Waals surface area contributed by atoms with Crippen molar-refractivity contribution in [2.24, 2.45) is 0 Å². The number of unbranched alkanes of at least 4 members (excludes halogenated alkanes) is 7. The Hall–Kier alpha value is 1.26. The Morgan fingerprint density at radius 1 is 0.636 bits per heavy atom. The maximum Gasteiger partial charge on any atom is 2.00 e. The zero-order valence-corrected chi connectivity index (χ0v) is 10.6. The van der Waals surface area contributed by atoms with Gasteiger partial charge in [0.2, 0.25) is 0 Å². The van der Waals surface area contributed by atoms with Crippen molar-refractivity contribution in [1.29, 1.82) is 0 Å². The number of rotatable bonds is 7. The van der Waals surface area contributed by atoms with Crippen LogP contribution in [0.5, 0.6) is 0 Å². The molecule has 0 heterocycles. The molecule has 0 unspecified atom stereocenters. The van der Waals surface area contributed by atoms with Crippen LogP contribution in [0.2, 0.25) is 0 Å². The van der Waals surface area contributed by atoms with Gasteiger partial charge in [0.05, 0.1) is 0 Å². The van der Waals surface area contributed by atoms with Crippen molar-refractivity contribution in [1.82, 2.24) is 0 Å². The molecule has 11 heavy (non-hydrogen) atoms. The van der Waals surface area contributed by atoms with Crippen LogP contribution in [-0.2, 0) is 0 Å². The maximum atomic E-state index is 2.27. The third-order valence-corrected chi connectivity index (χ3v) is 1.96. The summed E-state index contributed by atoms with van der Waals surface area (Å²) in [6, 6.07) is 0. The Morgan fingerprint density at radius 2 is 0.909 bits per heavy atom. The van der Waals surface area contributed by atoms with E-state index in [1.54, 1.807) is 0 Å². The van der Waals surface area contributed by atoms with E-state index in [-0.39, 0.29) is 40.6 Å². The summed E-state index contributed by atoms with van der Waals surface area (Å²) in [7, 11) is 0. The molecule has 0 rings (SSSR count). The Balaban J connectivity index is -0.000000135. The maximum absolute atomic E-state index is 2.27. The van der Waals surface area contributed by atoms with Gasteiger partial charge in [-0.1, -0.05) is 65.2 Å². The average molecular weight is 184 g/mol. The van der Waals surface area contributed by atoms with Crippen LogP contribution in [0.15, 0.2) is 0 Å². The van der Waals surface area contributed by atoms with Crippen molar-refractivity contribution in [3.05, 3.63) is 0 Å². The molecule has 0 bridgehead atoms. The summed E-state index contributed by atoms with van der Waals surface area (Å²) in [4.78, 5) is 0. The summed E-state index contributed by atoms with van der Waals surface area (Å²) in [6.45, 7) is 4.54. The zero-order valence-electron chi connectivity index (χ0n) is 10.4. The van der Waals surface area contributed by atoms with Gasteiger partial charge in [-0.3, -0.25) is 0 Å². The van der Waals surface area contributed by atoms with Crippen molar-refractivity contribution in [3.63, 3.8) is 0 Å². The predicted molar refractivity (Wildman–Crippen MR) is 56.3 cm³/mol. The number of hydrogen-bond acceptors (Lipinski definition) is 0. The third-order valence-electron chi connectivity index (χ3n) is 1.96. The second-order valence-electron chi connectivity index (χ2n) is 3.12. The van der Waals surface area contributed by atoms with Gasteiger partial charge in [0.15, 0.2) is 0 Å². The minimum absolute atomic E-state index is 0. The largest absolute Gasteiger partial charge is 2.00 e. The monoisotopic (exact) mass is 184 g/mol. The fourth-order valence-corrected chi connectivity index (χ4v) is 1.21. The molecular formula is C10H24Ca. The summed E-state index contributed by atoms with van der Waals surface area (Å²) >= 11 is 0. The molecule has 0 spiro atoms. The van der Waals surface area contributed by atoms with Gasteiger partial charge in [-0.2, -0.15) is 0 Å². The van der Waals surface area contributed by atoms with Gasteiger partial charge in [-0.15, -0.1) is 0 Å². The van der Waals surface area contributed by atoms with E-state index in [9.17, 15) is 0 Å². The first-order valence-electron chi connectivity index (χ1n) is 4.91. The fraction of sp³-hybridized carbons (Fsp3) is 1.00. The normalized spacial score (nSPS) is 9.27. The molecule has 0 aromatic rings. The van der Waals surface area contributed by atoms with Gasteiger partial charge in [0.1, 0.15) is 0 Å². The van der Waals surface area contributed by atoms with Crippen LogP contribution in [0.4, 0.5) is 0 Å². The molecule has 0 radical (unpaired) electrons. The first-order valence-corrected chi connectivity index (χ1v) is 4.91. The van der Waals surface area contributed by atoms with Gasteiger partial charge in [-0.05, 0) is 0 Å². The molecule has 0 amide bonds. The molecule has 1 heteroatoms. The molecule has 0 aliphatic rings. The van der Waals surface area contributed by atoms with E-state index < -0.39 is 0 Å². The van der Waals surface area contributed by atoms with Crippen molar-refractivity contribution in [2.45, 2.75) is 65.2 Å². The van der Waals surface area contributed by atoms with Crippen LogP contribution in [0.3, 0.4) is 0 Å². The first kappa shape index (κ1) is 14.8. The van der Waals surface area contributed by atoms with Gasteiger partial charge in [-0.25, -0.2) is 0 Å². The van der Waals surface area contributed by atoms with E-state index in [1.165, 1.54) is 51.4 Å². The Kier molecular flexibility index (Phi) is 18.6. The quantitative estimate of drug-likeness (QED) is 0.414. The minimum Gasteiger partial charge on any atom is -1.00 e. The zero-order chi connectivity index (χ0) is 7.66. The van der Waals surface area contributed by atoms with Crippen LogP contribution in [0.25, 0.3) is 0 Å². The van der Waals surface area contributed by atoms with Gasteiger partial charge in [0, 0.05) is 0 Å². The smallest absolute Gasteiger partial charge is 1.00 e. The molecule has 66 valence electrons. The van der Waals surface area contributed by atoms with Crippen molar-refractivity contribution >= 4 is 37.7 Å². The Labute approximate surface area is 105 Å². The second-order valence-corrected chi connectivity index (χ2v) is 3.12. The van der Waals surface area contributed by atoms with E-state index in [0.29, 0.717) is 0 Å². The van der Waals surface area contributed by atoms with Crippen LogP contribution in [0.1, 0.15) is 68.1 Å². The number of hydrogen-bond donors (Lipinski definition) is 0. The van der Waals surface area contributed by atoms with Gasteiger partial charge < -0.3 is 2.85 Å². The third kappa shape index (κ3) is 14.2. The summed E-state index contributed by atoms with van der Waals surface area (Å²) < 4.78 is 0. The summed E-state index contributed by atoms with van der Waals surface area (Å²) in [5, 5.41) is 0. The topological polar surface area (TPSA) is 0 Å². The van der Waals surface area contributed by atoms with E-state index in [2.05, 4.69) is 13.8 Å². The van der Waals surface area contributed by atoms with Crippen LogP contribution in [-0.4, -0.2) is 37.7 Å². The minimum atomic E-state index is 0. The van der Waals surface area contributed by atoms with Gasteiger partial charge >= 0.3 is 37.7 Å². The van der Waals surface area contributed by atoms with Crippen molar-refractivity contribution in [2.75, 3.05) is 0 Å². The standard InChI is InChI=1S/C10H22.Ca.2H/c1-3-5-7-9-10-8-6-4-2;;;/h3-10H2,1-2H3;;;/q;+2;2*-1. The van der Waals surface area contributed by atoms with Crippen molar-refractivity contribution < 1.29 is 2.85 Å². The molecule has 0 aromatic heterocycles. The first-order chi connectivity index (χ1) is 4.91. The Morgan fingerprint density at radius 3 is 1.18 bits per heavy atom. The van der Waals surface area contributed by atoms with Crippen LogP contribution < -0.4 is 0 Å². The van der Waals surface area contributed by atoms with Gasteiger partial charge in [0.25, 0.3) is 0 Å². The van der Waals surface area contributed by atoms with Crippen LogP contribution >= 0.6 is 0 Å². The van der Waals surface area contributed by atoms with Crippen LogP contribution in [0, 0.1) is 0 Å². The molecule has 0 saturated heterocycles. The van der Waals surface area contributed by atoms with E-state index in [1.807, 2.05) is 0 Å². The molecule has 0 nitrogen and oxygen atoms in total. The summed E-state index contributed by atoms with van der Waals surface area (Å²) in [5.74, 6) is 0. The SMILES string of the molecule is CCCCCCCCCC.[Ca+2].[H-].[H-]. The van der Waals surface area contributed by atoms with E-state index >= 15 is 0 Å². The average Bonchev–Trinajstić information content (AvgIpc) is 1.97. The summed E-state index contributed by atoms with van der Waals surface area (Å²) in [6.07, 6.45) is 11.5. The Bertz CT molecular complexity index is 52.9. The summed E-state index contributed by atoms with van der Waals surface area (Å²) in [5.41, 5.74) is 0. The molecule has 0 aliphatic carbocycles. The molecule has 0 atom stereocenters.